The highest BCUT2D eigenvalue weighted by Crippen LogP contribution is 2.26. The molecule has 0 saturated carbocycles. The first-order chi connectivity index (χ1) is 9.16. The molecule has 2 aliphatic rings. The molecular formula is C14H16N2O3. The van der Waals surface area contributed by atoms with Crippen molar-refractivity contribution in [1.29, 1.82) is 0 Å². The van der Waals surface area contributed by atoms with Gasteiger partial charge in [0.1, 0.15) is 6.04 Å². The maximum Gasteiger partial charge on any atom is 0.326 e. The number of carboxylic acids is 1. The lowest BCUT2D eigenvalue weighted by atomic mass is 10.1. The zero-order chi connectivity index (χ0) is 13.4. The molecular weight excluding hydrogens is 244 g/mol. The monoisotopic (exact) mass is 260 g/mol. The largest absolute Gasteiger partial charge is 0.480 e. The van der Waals surface area contributed by atoms with Crippen LogP contribution in [0, 0.1) is 0 Å². The summed E-state index contributed by atoms with van der Waals surface area (Å²) in [4.78, 5) is 25.0. The van der Waals surface area contributed by atoms with Crippen molar-refractivity contribution in [3.63, 3.8) is 0 Å². The summed E-state index contributed by atoms with van der Waals surface area (Å²) in [6.07, 6.45) is 2.28. The van der Waals surface area contributed by atoms with Gasteiger partial charge in [0.25, 0.3) is 5.91 Å². The van der Waals surface area contributed by atoms with E-state index in [4.69, 9.17) is 5.11 Å². The van der Waals surface area contributed by atoms with E-state index in [-0.39, 0.29) is 5.91 Å². The van der Waals surface area contributed by atoms with Gasteiger partial charge < -0.3 is 15.3 Å². The summed E-state index contributed by atoms with van der Waals surface area (Å²) >= 11 is 0. The van der Waals surface area contributed by atoms with Gasteiger partial charge in [0.15, 0.2) is 0 Å². The molecule has 0 radical (unpaired) electrons. The highest BCUT2D eigenvalue weighted by Gasteiger charge is 2.34. The van der Waals surface area contributed by atoms with Gasteiger partial charge in [0.05, 0.1) is 0 Å². The lowest BCUT2D eigenvalue weighted by Crippen LogP contribution is -2.40. The average molecular weight is 260 g/mol. The Labute approximate surface area is 111 Å². The molecule has 0 spiro atoms. The van der Waals surface area contributed by atoms with Gasteiger partial charge in [0, 0.05) is 24.3 Å². The van der Waals surface area contributed by atoms with Gasteiger partial charge in [-0.3, -0.25) is 4.79 Å². The zero-order valence-corrected chi connectivity index (χ0v) is 10.6. The Morgan fingerprint density at radius 2 is 2.21 bits per heavy atom. The van der Waals surface area contributed by atoms with Crippen LogP contribution in [0.15, 0.2) is 18.2 Å². The number of rotatable bonds is 2. The highest BCUT2D eigenvalue weighted by molar-refractivity contribution is 5.98. The van der Waals surface area contributed by atoms with E-state index < -0.39 is 12.0 Å². The molecule has 5 heteroatoms. The number of fused-ring (bicyclic) bond motifs is 1. The van der Waals surface area contributed by atoms with Gasteiger partial charge in [-0.25, -0.2) is 4.79 Å². The molecule has 5 nitrogen and oxygen atoms in total. The number of nitrogens with zero attached hydrogens (tertiary/aromatic N) is 1. The SMILES string of the molecule is O=C(O)[C@@H]1CCCN1C(=O)c1ccc2c(c1)NCC2. The third kappa shape index (κ3) is 2.05. The molecule has 1 fully saturated rings. The topological polar surface area (TPSA) is 69.6 Å². The molecule has 19 heavy (non-hydrogen) atoms. The Morgan fingerprint density at radius 3 is 3.00 bits per heavy atom. The Morgan fingerprint density at radius 1 is 1.37 bits per heavy atom. The molecule has 3 rings (SSSR count). The fourth-order valence-corrected chi connectivity index (χ4v) is 2.86. The van der Waals surface area contributed by atoms with Crippen molar-refractivity contribution in [3.8, 4) is 0 Å². The smallest absolute Gasteiger partial charge is 0.326 e. The number of amides is 1. The molecule has 1 amide bonds. The van der Waals surface area contributed by atoms with Gasteiger partial charge in [-0.05, 0) is 37.0 Å². The fourth-order valence-electron chi connectivity index (χ4n) is 2.86. The summed E-state index contributed by atoms with van der Waals surface area (Å²) in [7, 11) is 0. The van der Waals surface area contributed by atoms with E-state index >= 15 is 0 Å². The van der Waals surface area contributed by atoms with Crippen LogP contribution < -0.4 is 5.32 Å². The molecule has 0 unspecified atom stereocenters. The summed E-state index contributed by atoms with van der Waals surface area (Å²) in [5.41, 5.74) is 2.78. The number of likely N-dealkylation sites (tertiary alicyclic amines) is 1. The second-order valence-electron chi connectivity index (χ2n) is 5.04. The first-order valence-corrected chi connectivity index (χ1v) is 6.57. The number of anilines is 1. The summed E-state index contributed by atoms with van der Waals surface area (Å²) < 4.78 is 0. The zero-order valence-electron chi connectivity index (χ0n) is 10.6. The van der Waals surface area contributed by atoms with Crippen molar-refractivity contribution in [2.24, 2.45) is 0 Å². The molecule has 1 aromatic carbocycles. The molecule has 2 aliphatic heterocycles. The van der Waals surface area contributed by atoms with E-state index in [2.05, 4.69) is 5.32 Å². The second-order valence-corrected chi connectivity index (χ2v) is 5.04. The van der Waals surface area contributed by atoms with Crippen molar-refractivity contribution in [3.05, 3.63) is 29.3 Å². The van der Waals surface area contributed by atoms with E-state index in [0.717, 1.165) is 25.1 Å². The number of nitrogens with one attached hydrogen (secondary N) is 1. The maximum atomic E-state index is 12.4. The van der Waals surface area contributed by atoms with E-state index in [1.165, 1.54) is 10.5 Å². The van der Waals surface area contributed by atoms with E-state index in [1.807, 2.05) is 12.1 Å². The molecule has 2 heterocycles. The summed E-state index contributed by atoms with van der Waals surface area (Å²) in [6.45, 7) is 1.43. The molecule has 1 saturated heterocycles. The highest BCUT2D eigenvalue weighted by atomic mass is 16.4. The van der Waals surface area contributed by atoms with E-state index in [1.54, 1.807) is 6.07 Å². The third-order valence-corrected chi connectivity index (χ3v) is 3.87. The Balaban J connectivity index is 1.85. The number of carbonyl (C=O) groups is 2. The van der Waals surface area contributed by atoms with Crippen molar-refractivity contribution < 1.29 is 14.7 Å². The lowest BCUT2D eigenvalue weighted by molar-refractivity contribution is -0.141. The summed E-state index contributed by atoms with van der Waals surface area (Å²) in [5.74, 6) is -1.09. The van der Waals surface area contributed by atoms with Crippen LogP contribution in [0.5, 0.6) is 0 Å². The molecule has 0 aliphatic carbocycles. The van der Waals surface area contributed by atoms with Crippen LogP contribution >= 0.6 is 0 Å². The minimum absolute atomic E-state index is 0.179. The van der Waals surface area contributed by atoms with E-state index in [0.29, 0.717) is 18.5 Å². The van der Waals surface area contributed by atoms with Gasteiger partial charge >= 0.3 is 5.97 Å². The third-order valence-electron chi connectivity index (χ3n) is 3.87. The number of carbonyl (C=O) groups excluding carboxylic acids is 1. The molecule has 1 aromatic rings. The number of aliphatic carboxylic acids is 1. The van der Waals surface area contributed by atoms with Crippen LogP contribution in [0.4, 0.5) is 5.69 Å². The minimum atomic E-state index is -0.912. The van der Waals surface area contributed by atoms with Crippen molar-refractivity contribution >= 4 is 17.6 Å². The Kier molecular flexibility index (Phi) is 2.89. The van der Waals surface area contributed by atoms with E-state index in [9.17, 15) is 9.59 Å². The predicted octanol–water partition coefficient (Wildman–Crippen LogP) is 1.34. The Hall–Kier alpha value is -2.04. The number of hydrogen-bond acceptors (Lipinski definition) is 3. The normalized spacial score (nSPS) is 21.1. The molecule has 0 aromatic heterocycles. The molecule has 1 atom stereocenters. The maximum absolute atomic E-state index is 12.4. The van der Waals surface area contributed by atoms with Crippen molar-refractivity contribution in [2.75, 3.05) is 18.4 Å². The second kappa shape index (κ2) is 4.57. The van der Waals surface area contributed by atoms with Crippen LogP contribution in [0.2, 0.25) is 0 Å². The number of benzene rings is 1. The van der Waals surface area contributed by atoms with Gasteiger partial charge in [-0.1, -0.05) is 6.07 Å². The molecule has 100 valence electrons. The number of carboxylic acid groups (broad SMARTS) is 1. The van der Waals surface area contributed by atoms with Gasteiger partial charge in [0.2, 0.25) is 0 Å². The van der Waals surface area contributed by atoms with Crippen molar-refractivity contribution in [1.82, 2.24) is 4.90 Å². The summed E-state index contributed by atoms with van der Waals surface area (Å²) in [5, 5.41) is 12.4. The fraction of sp³-hybridized carbons (Fsp3) is 0.429. The lowest BCUT2D eigenvalue weighted by Gasteiger charge is -2.21. The number of hydrogen-bond donors (Lipinski definition) is 2. The van der Waals surface area contributed by atoms with Gasteiger partial charge in [-0.15, -0.1) is 0 Å². The first kappa shape index (κ1) is 12.0. The van der Waals surface area contributed by atoms with Crippen LogP contribution in [0.3, 0.4) is 0 Å². The average Bonchev–Trinajstić information content (AvgIpc) is 3.05. The Bertz CT molecular complexity index is 541. The van der Waals surface area contributed by atoms with Crippen molar-refractivity contribution in [2.45, 2.75) is 25.3 Å². The van der Waals surface area contributed by atoms with Crippen LogP contribution in [-0.4, -0.2) is 41.0 Å². The standard InChI is InChI=1S/C14H16N2O3/c17-13(16-7-1-2-12(16)14(18)19)10-4-3-9-5-6-15-11(9)8-10/h3-4,8,12,15H,1-2,5-7H2,(H,18,19)/t12-/m0/s1. The molecule has 2 N–H and O–H groups in total. The van der Waals surface area contributed by atoms with Crippen LogP contribution in [0.25, 0.3) is 0 Å². The first-order valence-electron chi connectivity index (χ1n) is 6.57. The van der Waals surface area contributed by atoms with Crippen LogP contribution in [-0.2, 0) is 11.2 Å². The quantitative estimate of drug-likeness (QED) is 0.842. The molecule has 0 bridgehead atoms. The summed E-state index contributed by atoms with van der Waals surface area (Å²) in [6, 6.07) is 4.91. The predicted molar refractivity (Wildman–Crippen MR) is 70.3 cm³/mol. The minimum Gasteiger partial charge on any atom is -0.480 e. The van der Waals surface area contributed by atoms with Crippen LogP contribution in [0.1, 0.15) is 28.8 Å². The van der Waals surface area contributed by atoms with Gasteiger partial charge in [-0.2, -0.15) is 0 Å².